The molecule has 1 aromatic carbocycles. The Kier molecular flexibility index (Phi) is 4.26. The zero-order valence-corrected chi connectivity index (χ0v) is 8.53. The van der Waals surface area contributed by atoms with Crippen molar-refractivity contribution in [3.05, 3.63) is 46.6 Å². The Bertz CT molecular complexity index is 293. The number of rotatable bonds is 4. The quantitative estimate of drug-likeness (QED) is 0.460. The summed E-state index contributed by atoms with van der Waals surface area (Å²) in [6, 6.07) is 9.75. The van der Waals surface area contributed by atoms with Crippen LogP contribution in [0.2, 0.25) is 0 Å². The molecule has 0 heterocycles. The highest BCUT2D eigenvalue weighted by molar-refractivity contribution is 9.12. The molecule has 0 aliphatic heterocycles. The van der Waals surface area contributed by atoms with Crippen LogP contribution in [-0.4, -0.2) is 6.29 Å². The summed E-state index contributed by atoms with van der Waals surface area (Å²) in [4.78, 5) is 10.2. The van der Waals surface area contributed by atoms with Crippen LogP contribution in [0, 0.1) is 0 Å². The van der Waals surface area contributed by atoms with Crippen LogP contribution in [0.4, 0.5) is 0 Å². The lowest BCUT2D eigenvalue weighted by Gasteiger charge is -1.99. The summed E-state index contributed by atoms with van der Waals surface area (Å²) in [5, 5.41) is 0. The van der Waals surface area contributed by atoms with E-state index in [1.807, 2.05) is 30.3 Å². The molecule has 2 nitrogen and oxygen atoms in total. The standard InChI is InChI=1S/C10H9BrO2/c11-10(6-12)8-13-7-9-4-2-1-3-5-9/h1-6,8H,7H2. The highest BCUT2D eigenvalue weighted by Gasteiger charge is 1.90. The Labute approximate surface area is 85.3 Å². The van der Waals surface area contributed by atoms with Gasteiger partial charge < -0.3 is 4.74 Å². The third-order valence-electron chi connectivity index (χ3n) is 1.40. The average molecular weight is 241 g/mol. The van der Waals surface area contributed by atoms with Gasteiger partial charge in [-0.25, -0.2) is 0 Å². The van der Waals surface area contributed by atoms with Gasteiger partial charge in [0.15, 0.2) is 6.29 Å². The molecule has 0 bridgehead atoms. The van der Waals surface area contributed by atoms with Gasteiger partial charge in [-0.15, -0.1) is 0 Å². The third kappa shape index (κ3) is 3.90. The van der Waals surface area contributed by atoms with Crippen LogP contribution in [0.25, 0.3) is 0 Å². The lowest BCUT2D eigenvalue weighted by Crippen LogP contribution is -1.86. The summed E-state index contributed by atoms with van der Waals surface area (Å²) in [6.45, 7) is 0.476. The lowest BCUT2D eigenvalue weighted by molar-refractivity contribution is -0.104. The van der Waals surface area contributed by atoms with E-state index in [0.29, 0.717) is 17.4 Å². The van der Waals surface area contributed by atoms with Gasteiger partial charge >= 0.3 is 0 Å². The van der Waals surface area contributed by atoms with Crippen molar-refractivity contribution < 1.29 is 9.53 Å². The van der Waals surface area contributed by atoms with E-state index in [9.17, 15) is 4.79 Å². The van der Waals surface area contributed by atoms with Crippen LogP contribution in [0.5, 0.6) is 0 Å². The first kappa shape index (κ1) is 9.99. The van der Waals surface area contributed by atoms with Gasteiger partial charge in [0.2, 0.25) is 0 Å². The minimum atomic E-state index is 0.406. The molecular formula is C10H9BrO2. The number of hydrogen-bond acceptors (Lipinski definition) is 2. The second-order valence-corrected chi connectivity index (χ2v) is 3.33. The van der Waals surface area contributed by atoms with Gasteiger partial charge in [-0.3, -0.25) is 4.79 Å². The number of benzene rings is 1. The fourth-order valence-corrected chi connectivity index (χ4v) is 0.952. The third-order valence-corrected chi connectivity index (χ3v) is 1.78. The van der Waals surface area contributed by atoms with Crippen molar-refractivity contribution in [2.45, 2.75) is 6.61 Å². The fraction of sp³-hybridized carbons (Fsp3) is 0.100. The van der Waals surface area contributed by atoms with Crippen molar-refractivity contribution in [2.75, 3.05) is 0 Å². The van der Waals surface area contributed by atoms with E-state index < -0.39 is 0 Å². The largest absolute Gasteiger partial charge is 0.495 e. The van der Waals surface area contributed by atoms with Crippen LogP contribution in [0.1, 0.15) is 5.56 Å². The summed E-state index contributed by atoms with van der Waals surface area (Å²) in [7, 11) is 0. The number of carbonyl (C=O) groups is 1. The van der Waals surface area contributed by atoms with Gasteiger partial charge in [0.1, 0.15) is 12.9 Å². The molecule has 0 atom stereocenters. The topological polar surface area (TPSA) is 26.3 Å². The predicted molar refractivity (Wildman–Crippen MR) is 54.3 cm³/mol. The molecule has 1 aromatic rings. The first-order valence-electron chi connectivity index (χ1n) is 3.79. The van der Waals surface area contributed by atoms with E-state index in [1.54, 1.807) is 0 Å². The van der Waals surface area contributed by atoms with Gasteiger partial charge in [0, 0.05) is 0 Å². The highest BCUT2D eigenvalue weighted by Crippen LogP contribution is 2.04. The zero-order chi connectivity index (χ0) is 9.52. The van der Waals surface area contributed by atoms with E-state index in [-0.39, 0.29) is 0 Å². The Morgan fingerprint density at radius 3 is 2.69 bits per heavy atom. The zero-order valence-electron chi connectivity index (χ0n) is 6.94. The smallest absolute Gasteiger partial charge is 0.160 e. The van der Waals surface area contributed by atoms with Crippen LogP contribution in [-0.2, 0) is 16.1 Å². The van der Waals surface area contributed by atoms with Crippen molar-refractivity contribution in [1.82, 2.24) is 0 Å². The van der Waals surface area contributed by atoms with Crippen LogP contribution in [0.3, 0.4) is 0 Å². The van der Waals surface area contributed by atoms with Crippen molar-refractivity contribution in [2.24, 2.45) is 0 Å². The molecule has 0 N–H and O–H groups in total. The minimum absolute atomic E-state index is 0.406. The number of halogens is 1. The molecule has 1 rings (SSSR count). The molecule has 0 aliphatic rings. The molecule has 3 heteroatoms. The maximum absolute atomic E-state index is 10.2. The second-order valence-electron chi connectivity index (χ2n) is 2.42. The van der Waals surface area contributed by atoms with Gasteiger partial charge in [-0.1, -0.05) is 30.3 Å². The number of allylic oxidation sites excluding steroid dienone is 1. The monoisotopic (exact) mass is 240 g/mol. The van der Waals surface area contributed by atoms with E-state index in [1.165, 1.54) is 6.26 Å². The van der Waals surface area contributed by atoms with Gasteiger partial charge in [-0.2, -0.15) is 0 Å². The first-order valence-corrected chi connectivity index (χ1v) is 4.58. The molecule has 0 unspecified atom stereocenters. The Morgan fingerprint density at radius 1 is 1.38 bits per heavy atom. The Morgan fingerprint density at radius 2 is 2.08 bits per heavy atom. The molecule has 0 aromatic heterocycles. The van der Waals surface area contributed by atoms with E-state index in [4.69, 9.17) is 4.74 Å². The maximum atomic E-state index is 10.2. The molecule has 0 radical (unpaired) electrons. The SMILES string of the molecule is O=CC(Br)=COCc1ccccc1. The normalized spacial score (nSPS) is 11.0. The Hall–Kier alpha value is -1.09. The molecule has 0 aliphatic carbocycles. The van der Waals surface area contributed by atoms with Crippen LogP contribution in [0.15, 0.2) is 41.1 Å². The molecular weight excluding hydrogens is 232 g/mol. The second kappa shape index (κ2) is 5.54. The molecule has 68 valence electrons. The lowest BCUT2D eigenvalue weighted by atomic mass is 10.2. The molecule has 0 saturated carbocycles. The van der Waals surface area contributed by atoms with Crippen molar-refractivity contribution in [3.8, 4) is 0 Å². The highest BCUT2D eigenvalue weighted by atomic mass is 79.9. The minimum Gasteiger partial charge on any atom is -0.495 e. The van der Waals surface area contributed by atoms with Gasteiger partial charge in [-0.05, 0) is 21.5 Å². The number of carbonyl (C=O) groups excluding carboxylic acids is 1. The summed E-state index contributed by atoms with van der Waals surface area (Å²) >= 11 is 3.02. The van der Waals surface area contributed by atoms with E-state index in [0.717, 1.165) is 5.56 Å². The maximum Gasteiger partial charge on any atom is 0.160 e. The molecule has 0 spiro atoms. The number of aldehydes is 1. The average Bonchev–Trinajstić information content (AvgIpc) is 2.19. The van der Waals surface area contributed by atoms with Crippen molar-refractivity contribution in [1.29, 1.82) is 0 Å². The summed E-state index contributed by atoms with van der Waals surface area (Å²) in [6.07, 6.45) is 2.07. The van der Waals surface area contributed by atoms with Gasteiger partial charge in [0.05, 0.1) is 4.48 Å². The van der Waals surface area contributed by atoms with Crippen LogP contribution < -0.4 is 0 Å². The summed E-state index contributed by atoms with van der Waals surface area (Å²) in [5.41, 5.74) is 1.07. The van der Waals surface area contributed by atoms with Gasteiger partial charge in [0.25, 0.3) is 0 Å². The van der Waals surface area contributed by atoms with Crippen LogP contribution >= 0.6 is 15.9 Å². The number of ether oxygens (including phenoxy) is 1. The summed E-state index contributed by atoms with van der Waals surface area (Å²) < 4.78 is 5.54. The predicted octanol–water partition coefficient (Wildman–Crippen LogP) is 2.64. The van der Waals surface area contributed by atoms with E-state index in [2.05, 4.69) is 15.9 Å². The molecule has 0 saturated heterocycles. The fourth-order valence-electron chi connectivity index (χ4n) is 0.820. The number of hydrogen-bond donors (Lipinski definition) is 0. The first-order chi connectivity index (χ1) is 6.33. The molecule has 13 heavy (non-hydrogen) atoms. The molecule has 0 amide bonds. The van der Waals surface area contributed by atoms with Crippen molar-refractivity contribution >= 4 is 22.2 Å². The van der Waals surface area contributed by atoms with E-state index >= 15 is 0 Å². The van der Waals surface area contributed by atoms with Crippen molar-refractivity contribution in [3.63, 3.8) is 0 Å². The summed E-state index contributed by atoms with van der Waals surface area (Å²) in [5.74, 6) is 0. The molecule has 0 fully saturated rings. The Balaban J connectivity index is 2.40.